The van der Waals surface area contributed by atoms with Crippen LogP contribution in [0.5, 0.6) is 0 Å². The van der Waals surface area contributed by atoms with E-state index in [1.807, 2.05) is 0 Å². The van der Waals surface area contributed by atoms with E-state index in [9.17, 15) is 0 Å². The molecule has 0 atom stereocenters. The average molecular weight is 257 g/mol. The van der Waals surface area contributed by atoms with Crippen molar-refractivity contribution in [2.75, 3.05) is 0 Å². The summed E-state index contributed by atoms with van der Waals surface area (Å²) < 4.78 is 6.29. The molecule has 1 radical (unpaired) electrons. The molecule has 1 aliphatic heterocycles. The molecule has 1 heteroatoms. The van der Waals surface area contributed by atoms with Crippen LogP contribution in [0.3, 0.4) is 0 Å². The van der Waals surface area contributed by atoms with Crippen molar-refractivity contribution in [1.82, 2.24) is 0 Å². The van der Waals surface area contributed by atoms with Gasteiger partial charge in [0.05, 0.1) is 0 Å². The normalized spacial score (nSPS) is 16.0. The van der Waals surface area contributed by atoms with Crippen LogP contribution in [-0.4, -0.2) is 19.6 Å². The van der Waals surface area contributed by atoms with E-state index in [0.717, 1.165) is 0 Å². The fourth-order valence-electron chi connectivity index (χ4n) is 1.04. The second kappa shape index (κ2) is 3.26. The fourth-order valence-corrected chi connectivity index (χ4v) is 5.03. The Hall–Kier alpha value is -0.510. The van der Waals surface area contributed by atoms with Gasteiger partial charge < -0.3 is 0 Å². The predicted octanol–water partition coefficient (Wildman–Crippen LogP) is 1.59. The molecule has 0 saturated heterocycles. The molecule has 1 aromatic rings. The molecule has 0 aliphatic carbocycles. The molecule has 1 aliphatic rings. The van der Waals surface area contributed by atoms with Gasteiger partial charge in [-0.25, -0.2) is 0 Å². The summed E-state index contributed by atoms with van der Waals surface area (Å²) in [5, 5.41) is 0. The van der Waals surface area contributed by atoms with Crippen molar-refractivity contribution in [2.45, 2.75) is 0 Å². The minimum atomic E-state index is -1.09. The SMILES string of the molecule is C1=C[Te](c2ccccc2)C=C1. The Bertz CT molecular complexity index is 273. The summed E-state index contributed by atoms with van der Waals surface area (Å²) in [5.41, 5.74) is 0. The standard InChI is InChI=1S/C10H9Te/c1-2-6-10(7-3-1)11-8-4-5-9-11/h1-9H. The Balaban J connectivity index is 2.30. The molecular formula is C10H9Te. The zero-order valence-electron chi connectivity index (χ0n) is 6.10. The fraction of sp³-hybridized carbons (Fsp3) is 0. The van der Waals surface area contributed by atoms with Crippen molar-refractivity contribution >= 4 is 23.2 Å². The monoisotopic (exact) mass is 259 g/mol. The van der Waals surface area contributed by atoms with E-state index in [1.165, 1.54) is 0 Å². The van der Waals surface area contributed by atoms with Crippen molar-refractivity contribution in [3.8, 4) is 0 Å². The number of allylic oxidation sites excluding steroid dienone is 2. The molecule has 0 aromatic heterocycles. The van der Waals surface area contributed by atoms with E-state index in [0.29, 0.717) is 0 Å². The van der Waals surface area contributed by atoms with Gasteiger partial charge in [0.2, 0.25) is 0 Å². The maximum atomic E-state index is 2.37. The third-order valence-corrected chi connectivity index (χ3v) is 6.48. The summed E-state index contributed by atoms with van der Waals surface area (Å²) >= 11 is -1.09. The second-order valence-electron chi connectivity index (χ2n) is 2.34. The average Bonchev–Trinajstić information content (AvgIpc) is 2.58. The summed E-state index contributed by atoms with van der Waals surface area (Å²) in [6.45, 7) is 0. The predicted molar refractivity (Wildman–Crippen MR) is 50.1 cm³/mol. The number of benzene rings is 1. The summed E-state index contributed by atoms with van der Waals surface area (Å²) in [6.07, 6.45) is 4.34. The maximum absolute atomic E-state index is 2.37. The van der Waals surface area contributed by atoms with Crippen LogP contribution in [0.15, 0.2) is 50.7 Å². The second-order valence-corrected chi connectivity index (χ2v) is 7.36. The molecule has 11 heavy (non-hydrogen) atoms. The topological polar surface area (TPSA) is 0 Å². The third-order valence-electron chi connectivity index (χ3n) is 1.58. The van der Waals surface area contributed by atoms with Gasteiger partial charge in [-0.15, -0.1) is 0 Å². The summed E-state index contributed by atoms with van der Waals surface area (Å²) in [4.78, 5) is 0. The minimum absolute atomic E-state index is 1.09. The van der Waals surface area contributed by atoms with Gasteiger partial charge in [-0.3, -0.25) is 0 Å². The van der Waals surface area contributed by atoms with Gasteiger partial charge >= 0.3 is 73.9 Å². The van der Waals surface area contributed by atoms with E-state index < -0.39 is 19.6 Å². The van der Waals surface area contributed by atoms with Gasteiger partial charge in [0.15, 0.2) is 0 Å². The Kier molecular flexibility index (Phi) is 2.12. The molecule has 2 rings (SSSR count). The third kappa shape index (κ3) is 1.56. The Morgan fingerprint density at radius 1 is 0.818 bits per heavy atom. The zero-order valence-corrected chi connectivity index (χ0v) is 8.43. The molecular weight excluding hydrogens is 248 g/mol. The number of hydrogen-bond donors (Lipinski definition) is 0. The van der Waals surface area contributed by atoms with Gasteiger partial charge in [0, 0.05) is 0 Å². The van der Waals surface area contributed by atoms with Gasteiger partial charge in [-0.1, -0.05) is 0 Å². The molecule has 0 unspecified atom stereocenters. The molecule has 1 aromatic carbocycles. The van der Waals surface area contributed by atoms with Gasteiger partial charge in [0.1, 0.15) is 0 Å². The molecule has 55 valence electrons. The summed E-state index contributed by atoms with van der Waals surface area (Å²) in [5.74, 6) is 0. The van der Waals surface area contributed by atoms with Crippen LogP contribution in [0.2, 0.25) is 0 Å². The van der Waals surface area contributed by atoms with Gasteiger partial charge in [-0.05, 0) is 0 Å². The zero-order chi connectivity index (χ0) is 7.52. The van der Waals surface area contributed by atoms with E-state index in [2.05, 4.69) is 50.7 Å². The molecule has 0 fully saturated rings. The van der Waals surface area contributed by atoms with Crippen LogP contribution in [0.25, 0.3) is 0 Å². The van der Waals surface area contributed by atoms with Crippen LogP contribution in [0.4, 0.5) is 0 Å². The number of rotatable bonds is 1. The Morgan fingerprint density at radius 2 is 1.45 bits per heavy atom. The first kappa shape index (κ1) is 7.16. The molecule has 1 heterocycles. The molecule has 0 bridgehead atoms. The number of hydrogen-bond acceptors (Lipinski definition) is 0. The molecule has 0 nitrogen and oxygen atoms in total. The molecule has 0 amide bonds. The van der Waals surface area contributed by atoms with Crippen LogP contribution in [0.1, 0.15) is 0 Å². The van der Waals surface area contributed by atoms with E-state index in [4.69, 9.17) is 0 Å². The van der Waals surface area contributed by atoms with Gasteiger partial charge in [0.25, 0.3) is 0 Å². The van der Waals surface area contributed by atoms with Crippen molar-refractivity contribution in [2.24, 2.45) is 0 Å². The van der Waals surface area contributed by atoms with E-state index in [-0.39, 0.29) is 0 Å². The van der Waals surface area contributed by atoms with Crippen molar-refractivity contribution in [3.05, 3.63) is 50.7 Å². The van der Waals surface area contributed by atoms with E-state index in [1.54, 1.807) is 3.61 Å². The van der Waals surface area contributed by atoms with Crippen LogP contribution in [0, 0.1) is 0 Å². The molecule has 0 N–H and O–H groups in total. The quantitative estimate of drug-likeness (QED) is 0.670. The van der Waals surface area contributed by atoms with Crippen molar-refractivity contribution in [1.29, 1.82) is 0 Å². The van der Waals surface area contributed by atoms with Crippen LogP contribution >= 0.6 is 0 Å². The Morgan fingerprint density at radius 3 is 2.09 bits per heavy atom. The first-order chi connectivity index (χ1) is 5.47. The van der Waals surface area contributed by atoms with Crippen molar-refractivity contribution in [3.63, 3.8) is 0 Å². The van der Waals surface area contributed by atoms with Crippen molar-refractivity contribution < 1.29 is 0 Å². The molecule has 0 spiro atoms. The van der Waals surface area contributed by atoms with Crippen LogP contribution in [-0.2, 0) is 0 Å². The van der Waals surface area contributed by atoms with Crippen LogP contribution < -0.4 is 3.61 Å². The van der Waals surface area contributed by atoms with E-state index >= 15 is 0 Å². The summed E-state index contributed by atoms with van der Waals surface area (Å²) in [6, 6.07) is 10.8. The first-order valence-corrected chi connectivity index (χ1v) is 7.44. The first-order valence-electron chi connectivity index (χ1n) is 3.59. The summed E-state index contributed by atoms with van der Waals surface area (Å²) in [7, 11) is 0. The van der Waals surface area contributed by atoms with Gasteiger partial charge in [-0.2, -0.15) is 0 Å². The Labute approximate surface area is 73.9 Å². The molecule has 0 saturated carbocycles.